The van der Waals surface area contributed by atoms with Crippen molar-refractivity contribution in [2.75, 3.05) is 19.7 Å². The number of aromatic nitrogens is 2. The van der Waals surface area contributed by atoms with Gasteiger partial charge in [0.15, 0.2) is 0 Å². The number of nitrogens with one attached hydrogen (secondary N) is 1. The SMILES string of the molecule is O=c1[nH]c(CN2CCCC(CO)C2)nc2ccc(Cl)cc12. The van der Waals surface area contributed by atoms with Crippen LogP contribution >= 0.6 is 11.6 Å². The van der Waals surface area contributed by atoms with Crippen LogP contribution in [-0.4, -0.2) is 39.7 Å². The highest BCUT2D eigenvalue weighted by atomic mass is 35.5. The van der Waals surface area contributed by atoms with Crippen LogP contribution in [0.15, 0.2) is 23.0 Å². The number of halogens is 1. The maximum atomic E-state index is 12.1. The highest BCUT2D eigenvalue weighted by molar-refractivity contribution is 6.31. The predicted octanol–water partition coefficient (Wildman–Crippen LogP) is 1.78. The van der Waals surface area contributed by atoms with Crippen LogP contribution in [0.1, 0.15) is 18.7 Å². The molecular weight excluding hydrogens is 290 g/mol. The molecule has 1 fully saturated rings. The molecule has 1 aliphatic rings. The number of hydrogen-bond acceptors (Lipinski definition) is 4. The molecule has 1 aromatic heterocycles. The first kappa shape index (κ1) is 14.5. The van der Waals surface area contributed by atoms with E-state index >= 15 is 0 Å². The molecular formula is C15H18ClN3O2. The molecule has 1 unspecified atom stereocenters. The molecule has 0 radical (unpaired) electrons. The van der Waals surface area contributed by atoms with Gasteiger partial charge in [-0.15, -0.1) is 0 Å². The number of hydrogen-bond donors (Lipinski definition) is 2. The molecule has 0 bridgehead atoms. The molecule has 1 aromatic carbocycles. The van der Waals surface area contributed by atoms with Crippen LogP contribution in [0.2, 0.25) is 5.02 Å². The number of nitrogens with zero attached hydrogens (tertiary/aromatic N) is 2. The zero-order valence-electron chi connectivity index (χ0n) is 11.7. The van der Waals surface area contributed by atoms with Crippen LogP contribution in [0.4, 0.5) is 0 Å². The Morgan fingerprint density at radius 2 is 2.33 bits per heavy atom. The predicted molar refractivity (Wildman–Crippen MR) is 82.5 cm³/mol. The summed E-state index contributed by atoms with van der Waals surface area (Å²) in [6.07, 6.45) is 2.13. The number of aliphatic hydroxyl groups excluding tert-OH is 1. The molecule has 0 amide bonds. The average Bonchev–Trinajstić information content (AvgIpc) is 2.48. The number of aliphatic hydroxyl groups is 1. The fourth-order valence-electron chi connectivity index (χ4n) is 2.89. The van der Waals surface area contributed by atoms with E-state index < -0.39 is 0 Å². The van der Waals surface area contributed by atoms with Crippen molar-refractivity contribution in [2.45, 2.75) is 19.4 Å². The summed E-state index contributed by atoms with van der Waals surface area (Å²) in [5.74, 6) is 0.984. The Morgan fingerprint density at radius 3 is 3.14 bits per heavy atom. The minimum Gasteiger partial charge on any atom is -0.396 e. The third-order valence-corrected chi connectivity index (χ3v) is 4.19. The van der Waals surface area contributed by atoms with Gasteiger partial charge in [-0.2, -0.15) is 0 Å². The van der Waals surface area contributed by atoms with Gasteiger partial charge in [-0.3, -0.25) is 9.69 Å². The molecule has 2 N–H and O–H groups in total. The van der Waals surface area contributed by atoms with E-state index in [1.807, 2.05) is 0 Å². The number of likely N-dealkylation sites (tertiary alicyclic amines) is 1. The molecule has 3 rings (SSSR count). The van der Waals surface area contributed by atoms with Gasteiger partial charge in [-0.05, 0) is 43.5 Å². The van der Waals surface area contributed by atoms with Gasteiger partial charge >= 0.3 is 0 Å². The Bertz CT molecular complexity index is 701. The fraction of sp³-hybridized carbons (Fsp3) is 0.467. The van der Waals surface area contributed by atoms with Crippen LogP contribution in [0, 0.1) is 5.92 Å². The van der Waals surface area contributed by atoms with Gasteiger partial charge in [-0.25, -0.2) is 4.98 Å². The van der Waals surface area contributed by atoms with Gasteiger partial charge in [0.05, 0.1) is 17.4 Å². The first-order chi connectivity index (χ1) is 10.2. The van der Waals surface area contributed by atoms with E-state index in [1.165, 1.54) is 0 Å². The highest BCUT2D eigenvalue weighted by Gasteiger charge is 2.20. The third kappa shape index (κ3) is 3.26. The van der Waals surface area contributed by atoms with Crippen LogP contribution in [0.25, 0.3) is 10.9 Å². The van der Waals surface area contributed by atoms with Crippen LogP contribution in [0.3, 0.4) is 0 Å². The van der Waals surface area contributed by atoms with Crippen LogP contribution in [0.5, 0.6) is 0 Å². The second-order valence-corrected chi connectivity index (χ2v) is 6.04. The molecule has 0 aliphatic carbocycles. The number of H-pyrrole nitrogens is 1. The zero-order chi connectivity index (χ0) is 14.8. The third-order valence-electron chi connectivity index (χ3n) is 3.95. The van der Waals surface area contributed by atoms with Crippen LogP contribution in [-0.2, 0) is 6.54 Å². The lowest BCUT2D eigenvalue weighted by Crippen LogP contribution is -2.37. The Labute approximate surface area is 127 Å². The van der Waals surface area contributed by atoms with Gasteiger partial charge in [0.2, 0.25) is 0 Å². The molecule has 5 nitrogen and oxygen atoms in total. The fourth-order valence-corrected chi connectivity index (χ4v) is 3.06. The Hall–Kier alpha value is -1.43. The summed E-state index contributed by atoms with van der Waals surface area (Å²) in [6.45, 7) is 2.64. The molecule has 21 heavy (non-hydrogen) atoms. The van der Waals surface area contributed by atoms with Crippen molar-refractivity contribution in [3.8, 4) is 0 Å². The van der Waals surface area contributed by atoms with E-state index in [1.54, 1.807) is 18.2 Å². The zero-order valence-corrected chi connectivity index (χ0v) is 12.4. The summed E-state index contributed by atoms with van der Waals surface area (Å²) in [5, 5.41) is 10.3. The first-order valence-corrected chi connectivity index (χ1v) is 7.55. The minimum absolute atomic E-state index is 0.159. The second kappa shape index (κ2) is 6.13. The highest BCUT2D eigenvalue weighted by Crippen LogP contribution is 2.18. The first-order valence-electron chi connectivity index (χ1n) is 7.17. The lowest BCUT2D eigenvalue weighted by atomic mass is 9.99. The standard InChI is InChI=1S/C15H18ClN3O2/c16-11-3-4-13-12(6-11)15(21)18-14(17-13)8-19-5-1-2-10(7-19)9-20/h3-4,6,10,20H,1-2,5,7-9H2,(H,17,18,21). The molecule has 2 aromatic rings. The smallest absolute Gasteiger partial charge is 0.258 e. The average molecular weight is 308 g/mol. The van der Waals surface area contributed by atoms with Crippen molar-refractivity contribution in [2.24, 2.45) is 5.92 Å². The lowest BCUT2D eigenvalue weighted by molar-refractivity contribution is 0.114. The Kier molecular flexibility index (Phi) is 4.24. The number of rotatable bonds is 3. The maximum absolute atomic E-state index is 12.1. The summed E-state index contributed by atoms with van der Waals surface area (Å²) in [6, 6.07) is 5.14. The van der Waals surface area contributed by atoms with Crippen molar-refractivity contribution in [3.63, 3.8) is 0 Å². The van der Waals surface area contributed by atoms with Gasteiger partial charge in [0.25, 0.3) is 5.56 Å². The normalized spacial score (nSPS) is 20.0. The summed E-state index contributed by atoms with van der Waals surface area (Å²) in [5.41, 5.74) is 0.502. The quantitative estimate of drug-likeness (QED) is 0.907. The van der Waals surface area contributed by atoms with E-state index in [0.29, 0.717) is 34.2 Å². The number of benzene rings is 1. The molecule has 0 saturated carbocycles. The van der Waals surface area contributed by atoms with Crippen molar-refractivity contribution in [1.29, 1.82) is 0 Å². The van der Waals surface area contributed by atoms with Gasteiger partial charge < -0.3 is 10.1 Å². The molecule has 112 valence electrons. The molecule has 2 heterocycles. The van der Waals surface area contributed by atoms with Gasteiger partial charge in [0.1, 0.15) is 5.82 Å². The van der Waals surface area contributed by atoms with E-state index in [-0.39, 0.29) is 12.2 Å². The van der Waals surface area contributed by atoms with Crippen LogP contribution < -0.4 is 5.56 Å². The van der Waals surface area contributed by atoms with Crippen molar-refractivity contribution < 1.29 is 5.11 Å². The maximum Gasteiger partial charge on any atom is 0.258 e. The van der Waals surface area contributed by atoms with Crippen molar-refractivity contribution >= 4 is 22.5 Å². The Morgan fingerprint density at radius 1 is 1.48 bits per heavy atom. The van der Waals surface area contributed by atoms with E-state index in [2.05, 4.69) is 14.9 Å². The summed E-state index contributed by atoms with van der Waals surface area (Å²) < 4.78 is 0. The topological polar surface area (TPSA) is 69.2 Å². The largest absolute Gasteiger partial charge is 0.396 e. The summed E-state index contributed by atoms with van der Waals surface area (Å²) in [7, 11) is 0. The minimum atomic E-state index is -0.159. The lowest BCUT2D eigenvalue weighted by Gasteiger charge is -2.31. The molecule has 1 atom stereocenters. The number of aromatic amines is 1. The summed E-state index contributed by atoms with van der Waals surface area (Å²) in [4.78, 5) is 21.7. The summed E-state index contributed by atoms with van der Waals surface area (Å²) >= 11 is 5.91. The Balaban J connectivity index is 1.84. The molecule has 0 spiro atoms. The van der Waals surface area contributed by atoms with E-state index in [4.69, 9.17) is 11.6 Å². The van der Waals surface area contributed by atoms with E-state index in [0.717, 1.165) is 25.9 Å². The molecule has 1 saturated heterocycles. The number of piperidine rings is 1. The molecule has 6 heteroatoms. The van der Waals surface area contributed by atoms with Crippen molar-refractivity contribution in [3.05, 3.63) is 39.4 Å². The van der Waals surface area contributed by atoms with Gasteiger partial charge in [0, 0.05) is 18.2 Å². The molecule has 1 aliphatic heterocycles. The number of fused-ring (bicyclic) bond motifs is 1. The monoisotopic (exact) mass is 307 g/mol. The van der Waals surface area contributed by atoms with E-state index in [9.17, 15) is 9.90 Å². The van der Waals surface area contributed by atoms with Gasteiger partial charge in [-0.1, -0.05) is 11.6 Å². The van der Waals surface area contributed by atoms with Crippen molar-refractivity contribution in [1.82, 2.24) is 14.9 Å². The second-order valence-electron chi connectivity index (χ2n) is 5.60.